The lowest BCUT2D eigenvalue weighted by Gasteiger charge is -2.07. The molecule has 3 rings (SSSR count). The monoisotopic (exact) mass is 313 g/mol. The zero-order valence-corrected chi connectivity index (χ0v) is 12.6. The first-order chi connectivity index (χ1) is 10.7. The molecule has 0 spiro atoms. The Kier molecular flexibility index (Phi) is 3.70. The number of esters is 1. The van der Waals surface area contributed by atoms with Crippen molar-refractivity contribution in [2.24, 2.45) is 0 Å². The van der Waals surface area contributed by atoms with Gasteiger partial charge in [-0.3, -0.25) is 9.78 Å². The van der Waals surface area contributed by atoms with Gasteiger partial charge in [-0.25, -0.2) is 0 Å². The van der Waals surface area contributed by atoms with Crippen molar-refractivity contribution in [3.05, 3.63) is 41.2 Å². The van der Waals surface area contributed by atoms with Crippen LogP contribution in [0, 0.1) is 11.3 Å². The highest BCUT2D eigenvalue weighted by Crippen LogP contribution is 2.32. The molecule has 22 heavy (non-hydrogen) atoms. The highest BCUT2D eigenvalue weighted by Gasteiger charge is 2.15. The van der Waals surface area contributed by atoms with Crippen LogP contribution < -0.4 is 0 Å². The van der Waals surface area contributed by atoms with Gasteiger partial charge in [-0.2, -0.15) is 5.26 Å². The average Bonchev–Trinajstić information content (AvgIpc) is 2.85. The third-order valence-electron chi connectivity index (χ3n) is 3.61. The molecule has 3 aromatic rings. The van der Waals surface area contributed by atoms with Crippen molar-refractivity contribution in [1.82, 2.24) is 9.55 Å². The van der Waals surface area contributed by atoms with Crippen LogP contribution in [0.1, 0.15) is 12.0 Å². The molecule has 110 valence electrons. The van der Waals surface area contributed by atoms with Crippen molar-refractivity contribution in [3.8, 4) is 6.07 Å². The minimum Gasteiger partial charge on any atom is -0.469 e. The predicted octanol–water partition coefficient (Wildman–Crippen LogP) is 3.28. The third kappa shape index (κ3) is 2.28. The number of ether oxygens (including phenoxy) is 1. The Bertz CT molecular complexity index is 924. The molecule has 0 amide bonds. The molecule has 1 aromatic carbocycles. The molecule has 0 fully saturated rings. The predicted molar refractivity (Wildman–Crippen MR) is 83.6 cm³/mol. The van der Waals surface area contributed by atoms with Gasteiger partial charge in [0.25, 0.3) is 0 Å². The minimum absolute atomic E-state index is 0.227. The number of aryl methyl sites for hydroxylation is 1. The first-order valence-corrected chi connectivity index (χ1v) is 7.06. The molecule has 0 bridgehead atoms. The van der Waals surface area contributed by atoms with Crippen LogP contribution in [-0.4, -0.2) is 22.6 Å². The summed E-state index contributed by atoms with van der Waals surface area (Å²) in [6, 6.07) is 7.67. The standard InChI is InChI=1S/C16H12ClN3O2/c1-22-15(21)4-5-20-14-3-2-11(17)6-12(14)13-9-19-8-10(7-18)16(13)20/h2-3,6,8-9H,4-5H2,1H3. The van der Waals surface area contributed by atoms with Gasteiger partial charge in [0.15, 0.2) is 0 Å². The van der Waals surface area contributed by atoms with E-state index in [9.17, 15) is 10.1 Å². The number of hydrogen-bond acceptors (Lipinski definition) is 4. The number of carbonyl (C=O) groups is 1. The molecule has 2 heterocycles. The summed E-state index contributed by atoms with van der Waals surface area (Å²) in [5, 5.41) is 11.7. The van der Waals surface area contributed by atoms with E-state index in [0.29, 0.717) is 17.1 Å². The fourth-order valence-corrected chi connectivity index (χ4v) is 2.81. The molecule has 0 saturated heterocycles. The zero-order chi connectivity index (χ0) is 15.7. The SMILES string of the molecule is COC(=O)CCn1c2ccc(Cl)cc2c2cncc(C#N)c21. The lowest BCUT2D eigenvalue weighted by atomic mass is 10.1. The van der Waals surface area contributed by atoms with Crippen molar-refractivity contribution in [3.63, 3.8) is 0 Å². The van der Waals surface area contributed by atoms with Crippen molar-refractivity contribution in [1.29, 1.82) is 5.26 Å². The van der Waals surface area contributed by atoms with Crippen LogP contribution in [0.5, 0.6) is 0 Å². The largest absolute Gasteiger partial charge is 0.469 e. The van der Waals surface area contributed by atoms with Crippen molar-refractivity contribution in [2.45, 2.75) is 13.0 Å². The molecule has 0 radical (unpaired) electrons. The van der Waals surface area contributed by atoms with Gasteiger partial charge in [-0.05, 0) is 18.2 Å². The number of rotatable bonds is 3. The molecule has 0 aliphatic heterocycles. The maximum Gasteiger partial charge on any atom is 0.307 e. The Morgan fingerprint density at radius 2 is 2.23 bits per heavy atom. The third-order valence-corrected chi connectivity index (χ3v) is 3.85. The van der Waals surface area contributed by atoms with Gasteiger partial charge >= 0.3 is 5.97 Å². The molecule has 5 nitrogen and oxygen atoms in total. The number of fused-ring (bicyclic) bond motifs is 3. The van der Waals surface area contributed by atoms with Gasteiger partial charge in [-0.15, -0.1) is 0 Å². The van der Waals surface area contributed by atoms with Gasteiger partial charge < -0.3 is 9.30 Å². The second kappa shape index (κ2) is 5.66. The fourth-order valence-electron chi connectivity index (χ4n) is 2.64. The average molecular weight is 314 g/mol. The van der Waals surface area contributed by atoms with Crippen molar-refractivity contribution < 1.29 is 9.53 Å². The summed E-state index contributed by atoms with van der Waals surface area (Å²) in [5.41, 5.74) is 2.14. The summed E-state index contributed by atoms with van der Waals surface area (Å²) in [7, 11) is 1.36. The summed E-state index contributed by atoms with van der Waals surface area (Å²) in [6.07, 6.45) is 3.46. The van der Waals surface area contributed by atoms with Gasteiger partial charge in [0, 0.05) is 40.3 Å². The van der Waals surface area contributed by atoms with Crippen LogP contribution in [0.4, 0.5) is 0 Å². The second-order valence-electron chi connectivity index (χ2n) is 4.83. The van der Waals surface area contributed by atoms with Crippen LogP contribution in [0.3, 0.4) is 0 Å². The fraction of sp³-hybridized carbons (Fsp3) is 0.188. The number of carbonyl (C=O) groups excluding carboxylic acids is 1. The van der Waals surface area contributed by atoms with Crippen LogP contribution in [0.15, 0.2) is 30.6 Å². The van der Waals surface area contributed by atoms with E-state index in [2.05, 4.69) is 11.1 Å². The van der Waals surface area contributed by atoms with Gasteiger partial charge in [-0.1, -0.05) is 11.6 Å². The number of halogens is 1. The summed E-state index contributed by atoms with van der Waals surface area (Å²) in [6.45, 7) is 0.424. The number of aromatic nitrogens is 2. The first-order valence-electron chi connectivity index (χ1n) is 6.68. The molecule has 0 atom stereocenters. The highest BCUT2D eigenvalue weighted by atomic mass is 35.5. The quantitative estimate of drug-likeness (QED) is 0.696. The van der Waals surface area contributed by atoms with E-state index in [1.54, 1.807) is 12.3 Å². The van der Waals surface area contributed by atoms with E-state index in [-0.39, 0.29) is 12.4 Å². The molecular weight excluding hydrogens is 302 g/mol. The van der Waals surface area contributed by atoms with E-state index in [1.807, 2.05) is 16.7 Å². The van der Waals surface area contributed by atoms with Crippen LogP contribution >= 0.6 is 11.6 Å². The Balaban J connectivity index is 2.30. The number of pyridine rings is 1. The zero-order valence-electron chi connectivity index (χ0n) is 11.8. The van der Waals surface area contributed by atoms with Crippen molar-refractivity contribution in [2.75, 3.05) is 7.11 Å². The smallest absolute Gasteiger partial charge is 0.307 e. The number of nitriles is 1. The molecule has 0 aliphatic rings. The maximum absolute atomic E-state index is 11.5. The van der Waals surface area contributed by atoms with Crippen LogP contribution in [-0.2, 0) is 16.1 Å². The maximum atomic E-state index is 11.5. The Hall–Kier alpha value is -2.58. The molecule has 0 saturated carbocycles. The van der Waals surface area contributed by atoms with Gasteiger partial charge in [0.1, 0.15) is 6.07 Å². The molecule has 0 N–H and O–H groups in total. The molecule has 0 aliphatic carbocycles. The van der Waals surface area contributed by atoms with E-state index in [1.165, 1.54) is 13.3 Å². The number of nitrogens with zero attached hydrogens (tertiary/aromatic N) is 3. The summed E-state index contributed by atoms with van der Waals surface area (Å²) >= 11 is 6.08. The summed E-state index contributed by atoms with van der Waals surface area (Å²) in [4.78, 5) is 15.6. The lowest BCUT2D eigenvalue weighted by Crippen LogP contribution is -2.07. The van der Waals surface area contributed by atoms with E-state index < -0.39 is 0 Å². The Morgan fingerprint density at radius 3 is 2.95 bits per heavy atom. The number of hydrogen-bond donors (Lipinski definition) is 0. The van der Waals surface area contributed by atoms with Crippen molar-refractivity contribution >= 4 is 39.4 Å². The van der Waals surface area contributed by atoms with E-state index in [4.69, 9.17) is 16.3 Å². The second-order valence-corrected chi connectivity index (χ2v) is 5.27. The highest BCUT2D eigenvalue weighted by molar-refractivity contribution is 6.31. The molecule has 0 unspecified atom stereocenters. The molecular formula is C16H12ClN3O2. The van der Waals surface area contributed by atoms with E-state index >= 15 is 0 Å². The minimum atomic E-state index is -0.295. The normalized spacial score (nSPS) is 10.8. The van der Waals surface area contributed by atoms with Crippen LogP contribution in [0.25, 0.3) is 21.8 Å². The molecule has 6 heteroatoms. The van der Waals surface area contributed by atoms with Gasteiger partial charge in [0.05, 0.1) is 24.6 Å². The summed E-state index contributed by atoms with van der Waals surface area (Å²) in [5.74, 6) is -0.295. The Morgan fingerprint density at radius 1 is 1.41 bits per heavy atom. The number of methoxy groups -OCH3 is 1. The van der Waals surface area contributed by atoms with Gasteiger partial charge in [0.2, 0.25) is 0 Å². The molecule has 2 aromatic heterocycles. The van der Waals surface area contributed by atoms with E-state index in [0.717, 1.165) is 21.8 Å². The lowest BCUT2D eigenvalue weighted by molar-refractivity contribution is -0.140. The summed E-state index contributed by atoms with van der Waals surface area (Å²) < 4.78 is 6.64. The number of benzene rings is 1. The Labute approximate surface area is 131 Å². The first kappa shape index (κ1) is 14.4. The topological polar surface area (TPSA) is 67.9 Å². The van der Waals surface area contributed by atoms with Crippen LogP contribution in [0.2, 0.25) is 5.02 Å².